The summed E-state index contributed by atoms with van der Waals surface area (Å²) in [4.78, 5) is 26.8. The quantitative estimate of drug-likeness (QED) is 0.774. The van der Waals surface area contributed by atoms with Gasteiger partial charge >= 0.3 is 0 Å². The molecule has 3 rings (SSSR count). The highest BCUT2D eigenvalue weighted by atomic mass is 19.1. The van der Waals surface area contributed by atoms with Gasteiger partial charge in [-0.3, -0.25) is 9.59 Å². The average molecular weight is 263 g/mol. The monoisotopic (exact) mass is 263 g/mol. The van der Waals surface area contributed by atoms with E-state index in [-0.39, 0.29) is 36.6 Å². The maximum atomic E-state index is 13.8. The van der Waals surface area contributed by atoms with Gasteiger partial charge in [-0.2, -0.15) is 0 Å². The third-order valence-corrected chi connectivity index (χ3v) is 3.56. The first-order valence-corrected chi connectivity index (χ1v) is 6.22. The summed E-state index contributed by atoms with van der Waals surface area (Å²) in [6, 6.07) is 6.12. The molecule has 2 amide bonds. The number of nitrogens with zero attached hydrogens (tertiary/aromatic N) is 2. The number of nitrogens with one attached hydrogen (secondary N) is 1. The van der Waals surface area contributed by atoms with Crippen LogP contribution in [0.2, 0.25) is 0 Å². The highest BCUT2D eigenvalue weighted by Gasteiger charge is 2.38. The summed E-state index contributed by atoms with van der Waals surface area (Å²) in [7, 11) is 0. The minimum absolute atomic E-state index is 0.0273. The summed E-state index contributed by atoms with van der Waals surface area (Å²) in [6.45, 7) is 1.26. The maximum Gasteiger partial charge on any atom is 0.246 e. The number of anilines is 1. The van der Waals surface area contributed by atoms with Crippen molar-refractivity contribution in [3.63, 3.8) is 0 Å². The van der Waals surface area contributed by atoms with Gasteiger partial charge in [0.25, 0.3) is 0 Å². The SMILES string of the molecule is O=C1CN2C(=O)CNCC2CN1c1ccccc1F. The van der Waals surface area contributed by atoms with Crippen LogP contribution in [0.3, 0.4) is 0 Å². The van der Waals surface area contributed by atoms with Crippen LogP contribution in [0.15, 0.2) is 24.3 Å². The number of amides is 2. The number of carbonyl (C=O) groups is 2. The predicted molar refractivity (Wildman–Crippen MR) is 67.1 cm³/mol. The number of piperazine rings is 2. The Balaban J connectivity index is 1.87. The van der Waals surface area contributed by atoms with E-state index in [1.54, 1.807) is 23.1 Å². The molecule has 2 saturated heterocycles. The molecule has 2 heterocycles. The number of para-hydroxylation sites is 1. The molecule has 1 N–H and O–H groups in total. The molecule has 0 bridgehead atoms. The highest BCUT2D eigenvalue weighted by molar-refractivity contribution is 5.98. The first kappa shape index (κ1) is 12.1. The van der Waals surface area contributed by atoms with Crippen molar-refractivity contribution < 1.29 is 14.0 Å². The van der Waals surface area contributed by atoms with Crippen molar-refractivity contribution in [1.29, 1.82) is 0 Å². The third-order valence-electron chi connectivity index (χ3n) is 3.56. The van der Waals surface area contributed by atoms with E-state index in [0.717, 1.165) is 0 Å². The Hall–Kier alpha value is -1.95. The van der Waals surface area contributed by atoms with Crippen molar-refractivity contribution in [2.75, 3.05) is 31.1 Å². The average Bonchev–Trinajstić information content (AvgIpc) is 2.40. The second-order valence-electron chi connectivity index (χ2n) is 4.76. The van der Waals surface area contributed by atoms with Gasteiger partial charge in [0.2, 0.25) is 11.8 Å². The third kappa shape index (κ3) is 2.08. The zero-order valence-corrected chi connectivity index (χ0v) is 10.3. The van der Waals surface area contributed by atoms with Crippen molar-refractivity contribution in [2.45, 2.75) is 6.04 Å². The summed E-state index contributed by atoms with van der Waals surface area (Å²) in [5.41, 5.74) is 0.283. The zero-order valence-electron chi connectivity index (χ0n) is 10.3. The molecule has 5 nitrogen and oxygen atoms in total. The van der Waals surface area contributed by atoms with Crippen molar-refractivity contribution in [3.05, 3.63) is 30.1 Å². The molecule has 1 unspecified atom stereocenters. The van der Waals surface area contributed by atoms with Gasteiger partial charge in [-0.25, -0.2) is 4.39 Å². The Kier molecular flexibility index (Phi) is 2.94. The van der Waals surface area contributed by atoms with E-state index in [9.17, 15) is 14.0 Å². The molecule has 0 aromatic heterocycles. The summed E-state index contributed by atoms with van der Waals surface area (Å²) >= 11 is 0. The molecule has 2 fully saturated rings. The Morgan fingerprint density at radius 2 is 2.00 bits per heavy atom. The van der Waals surface area contributed by atoms with E-state index >= 15 is 0 Å². The largest absolute Gasteiger partial charge is 0.326 e. The van der Waals surface area contributed by atoms with Gasteiger partial charge < -0.3 is 15.1 Å². The first-order valence-electron chi connectivity index (χ1n) is 6.22. The number of hydrogen-bond donors (Lipinski definition) is 1. The predicted octanol–water partition coefficient (Wildman–Crippen LogP) is -0.0273. The lowest BCUT2D eigenvalue weighted by Gasteiger charge is -2.43. The highest BCUT2D eigenvalue weighted by Crippen LogP contribution is 2.23. The molecule has 100 valence electrons. The minimum Gasteiger partial charge on any atom is -0.326 e. The van der Waals surface area contributed by atoms with E-state index < -0.39 is 5.82 Å². The summed E-state index contributed by atoms with van der Waals surface area (Å²) in [5.74, 6) is -0.728. The fourth-order valence-electron chi connectivity index (χ4n) is 2.59. The fraction of sp³-hybridized carbons (Fsp3) is 0.385. The minimum atomic E-state index is -0.417. The summed E-state index contributed by atoms with van der Waals surface area (Å²) in [5, 5.41) is 3.01. The lowest BCUT2D eigenvalue weighted by Crippen LogP contribution is -2.65. The number of rotatable bonds is 1. The van der Waals surface area contributed by atoms with Crippen LogP contribution in [-0.4, -0.2) is 48.9 Å². The fourth-order valence-corrected chi connectivity index (χ4v) is 2.59. The molecule has 0 radical (unpaired) electrons. The zero-order chi connectivity index (χ0) is 13.4. The van der Waals surface area contributed by atoms with Crippen molar-refractivity contribution in [2.24, 2.45) is 0 Å². The number of fused-ring (bicyclic) bond motifs is 1. The topological polar surface area (TPSA) is 52.7 Å². The van der Waals surface area contributed by atoms with Gasteiger partial charge in [-0.1, -0.05) is 12.1 Å². The van der Waals surface area contributed by atoms with Gasteiger partial charge in [0, 0.05) is 13.1 Å². The molecular formula is C13H14FN3O2. The molecular weight excluding hydrogens is 249 g/mol. The van der Waals surface area contributed by atoms with Crippen LogP contribution in [0.25, 0.3) is 0 Å². The van der Waals surface area contributed by atoms with E-state index in [4.69, 9.17) is 0 Å². The molecule has 0 aliphatic carbocycles. The van der Waals surface area contributed by atoms with Crippen molar-refractivity contribution in [3.8, 4) is 0 Å². The Labute approximate surface area is 110 Å². The summed E-state index contributed by atoms with van der Waals surface area (Å²) < 4.78 is 13.8. The van der Waals surface area contributed by atoms with Gasteiger partial charge in [-0.05, 0) is 12.1 Å². The standard InChI is InChI=1S/C13H14FN3O2/c14-10-3-1-2-4-11(10)17-7-9-5-15-6-12(18)16(9)8-13(17)19/h1-4,9,15H,5-8H2. The molecule has 1 atom stereocenters. The number of hydrogen-bond acceptors (Lipinski definition) is 3. The Morgan fingerprint density at radius 1 is 1.21 bits per heavy atom. The molecule has 2 aliphatic rings. The normalized spacial score (nSPS) is 23.5. The van der Waals surface area contributed by atoms with Crippen LogP contribution >= 0.6 is 0 Å². The van der Waals surface area contributed by atoms with Crippen molar-refractivity contribution in [1.82, 2.24) is 10.2 Å². The lowest BCUT2D eigenvalue weighted by atomic mass is 10.1. The van der Waals surface area contributed by atoms with Gasteiger partial charge in [0.1, 0.15) is 12.4 Å². The summed E-state index contributed by atoms with van der Waals surface area (Å²) in [6.07, 6.45) is 0. The molecule has 19 heavy (non-hydrogen) atoms. The Bertz CT molecular complexity index is 534. The molecule has 0 spiro atoms. The Morgan fingerprint density at radius 3 is 2.79 bits per heavy atom. The molecule has 6 heteroatoms. The van der Waals surface area contributed by atoms with E-state index in [0.29, 0.717) is 13.1 Å². The van der Waals surface area contributed by atoms with Crippen LogP contribution < -0.4 is 10.2 Å². The van der Waals surface area contributed by atoms with Crippen LogP contribution in [-0.2, 0) is 9.59 Å². The maximum absolute atomic E-state index is 13.8. The molecule has 1 aromatic carbocycles. The first-order chi connectivity index (χ1) is 9.16. The number of halogens is 1. The molecule has 2 aliphatic heterocycles. The van der Waals surface area contributed by atoms with E-state index in [1.165, 1.54) is 11.0 Å². The second-order valence-corrected chi connectivity index (χ2v) is 4.76. The van der Waals surface area contributed by atoms with Gasteiger partial charge in [0.05, 0.1) is 18.3 Å². The number of carbonyl (C=O) groups excluding carboxylic acids is 2. The molecule has 0 saturated carbocycles. The smallest absolute Gasteiger partial charge is 0.246 e. The second kappa shape index (κ2) is 4.62. The van der Waals surface area contributed by atoms with Crippen LogP contribution in [0, 0.1) is 5.82 Å². The van der Waals surface area contributed by atoms with Crippen LogP contribution in [0.5, 0.6) is 0 Å². The van der Waals surface area contributed by atoms with Crippen molar-refractivity contribution >= 4 is 17.5 Å². The van der Waals surface area contributed by atoms with Gasteiger partial charge in [-0.15, -0.1) is 0 Å². The van der Waals surface area contributed by atoms with Crippen LogP contribution in [0.1, 0.15) is 0 Å². The van der Waals surface area contributed by atoms with E-state index in [1.807, 2.05) is 0 Å². The molecule has 1 aromatic rings. The van der Waals surface area contributed by atoms with E-state index in [2.05, 4.69) is 5.32 Å². The lowest BCUT2D eigenvalue weighted by molar-refractivity contribution is -0.141. The number of benzene rings is 1. The van der Waals surface area contributed by atoms with Gasteiger partial charge in [0.15, 0.2) is 0 Å². The van der Waals surface area contributed by atoms with Crippen LogP contribution in [0.4, 0.5) is 10.1 Å².